The molecule has 1 N–H and O–H groups in total. The Bertz CT molecular complexity index is 427. The van der Waals surface area contributed by atoms with E-state index in [4.69, 9.17) is 0 Å². The van der Waals surface area contributed by atoms with Gasteiger partial charge in [-0.15, -0.1) is 0 Å². The molecule has 1 rings (SSSR count). The fraction of sp³-hybridized carbons (Fsp3) is 0.300. The van der Waals surface area contributed by atoms with E-state index in [0.29, 0.717) is 6.07 Å². The van der Waals surface area contributed by atoms with E-state index in [9.17, 15) is 23.1 Å². The van der Waals surface area contributed by atoms with Crippen molar-refractivity contribution in [3.8, 4) is 0 Å². The first-order valence-electron chi connectivity index (χ1n) is 4.38. The van der Waals surface area contributed by atoms with Gasteiger partial charge in [-0.2, -0.15) is 13.2 Å². The van der Waals surface area contributed by atoms with Gasteiger partial charge in [0.05, 0.1) is 11.5 Å². The zero-order chi connectivity index (χ0) is 12.5. The van der Waals surface area contributed by atoms with E-state index in [1.165, 1.54) is 14.0 Å². The lowest BCUT2D eigenvalue weighted by Crippen LogP contribution is -2.24. The van der Waals surface area contributed by atoms with E-state index in [1.807, 2.05) is 0 Å². The summed E-state index contributed by atoms with van der Waals surface area (Å²) < 4.78 is 37.3. The highest BCUT2D eigenvalue weighted by molar-refractivity contribution is 5.90. The number of rotatable bonds is 2. The van der Waals surface area contributed by atoms with E-state index in [2.05, 4.69) is 5.32 Å². The van der Waals surface area contributed by atoms with Gasteiger partial charge in [0.25, 0.3) is 0 Å². The minimum atomic E-state index is -4.58. The van der Waals surface area contributed by atoms with Gasteiger partial charge >= 0.3 is 6.18 Å². The van der Waals surface area contributed by atoms with Gasteiger partial charge in [0, 0.05) is 18.3 Å². The van der Waals surface area contributed by atoms with Crippen LogP contribution in [0.2, 0.25) is 0 Å². The number of carboxylic acids is 1. The first kappa shape index (κ1) is 12.4. The summed E-state index contributed by atoms with van der Waals surface area (Å²) in [7, 11) is 1.42. The lowest BCUT2D eigenvalue weighted by molar-refractivity contribution is -0.255. The number of carbonyl (C=O) groups excluding carboxylic acids is 1. The van der Waals surface area contributed by atoms with Crippen LogP contribution in [0.1, 0.15) is 21.5 Å². The van der Waals surface area contributed by atoms with E-state index < -0.39 is 23.3 Å². The molecule has 88 valence electrons. The molecule has 0 aliphatic rings. The van der Waals surface area contributed by atoms with Gasteiger partial charge in [0.1, 0.15) is 0 Å². The second-order valence-corrected chi connectivity index (χ2v) is 3.23. The lowest BCUT2D eigenvalue weighted by Gasteiger charge is -2.16. The van der Waals surface area contributed by atoms with Crippen LogP contribution in [0.25, 0.3) is 0 Å². The van der Waals surface area contributed by atoms with Gasteiger partial charge < -0.3 is 15.2 Å². The van der Waals surface area contributed by atoms with Gasteiger partial charge in [-0.25, -0.2) is 0 Å². The maximum Gasteiger partial charge on any atom is 0.416 e. The third kappa shape index (κ3) is 2.26. The van der Waals surface area contributed by atoms with Crippen LogP contribution in [0.3, 0.4) is 0 Å². The van der Waals surface area contributed by atoms with Gasteiger partial charge in [0.15, 0.2) is 0 Å². The Kier molecular flexibility index (Phi) is 3.11. The molecule has 1 aromatic rings. The maximum atomic E-state index is 12.4. The predicted molar refractivity (Wildman–Crippen MR) is 50.1 cm³/mol. The number of hydrogen-bond donors (Lipinski definition) is 1. The number of carbonyl (C=O) groups is 1. The molecule has 0 heterocycles. The third-order valence-electron chi connectivity index (χ3n) is 2.22. The molecule has 0 unspecified atom stereocenters. The molecule has 0 saturated heterocycles. The number of anilines is 1. The molecular weight excluding hydrogens is 223 g/mol. The number of nitrogens with one attached hydrogen (secondary N) is 1. The maximum absolute atomic E-state index is 12.4. The normalized spacial score (nSPS) is 11.3. The average Bonchev–Trinajstić information content (AvgIpc) is 2.15. The molecule has 0 atom stereocenters. The van der Waals surface area contributed by atoms with Crippen molar-refractivity contribution in [2.75, 3.05) is 12.4 Å². The molecule has 0 saturated carbocycles. The van der Waals surface area contributed by atoms with Crippen LogP contribution in [-0.2, 0) is 6.18 Å². The van der Waals surface area contributed by atoms with Crippen molar-refractivity contribution in [3.05, 3.63) is 28.8 Å². The van der Waals surface area contributed by atoms with Gasteiger partial charge in [-0.3, -0.25) is 0 Å². The van der Waals surface area contributed by atoms with Crippen LogP contribution in [0.4, 0.5) is 18.9 Å². The van der Waals surface area contributed by atoms with Gasteiger partial charge in [-0.1, -0.05) is 0 Å². The SMILES string of the molecule is CNc1cc(C(F)(F)F)cc(C(=O)[O-])c1C. The fourth-order valence-electron chi connectivity index (χ4n) is 1.35. The summed E-state index contributed by atoms with van der Waals surface area (Å²) in [5.74, 6) is -1.62. The number of halogens is 3. The van der Waals surface area contributed by atoms with E-state index in [1.54, 1.807) is 0 Å². The Morgan fingerprint density at radius 3 is 2.31 bits per heavy atom. The summed E-state index contributed by atoms with van der Waals surface area (Å²) in [5.41, 5.74) is -1.13. The largest absolute Gasteiger partial charge is 0.545 e. The van der Waals surface area contributed by atoms with E-state index >= 15 is 0 Å². The fourth-order valence-corrected chi connectivity index (χ4v) is 1.35. The summed E-state index contributed by atoms with van der Waals surface area (Å²) in [6.07, 6.45) is -4.58. The molecule has 1 aromatic carbocycles. The highest BCUT2D eigenvalue weighted by atomic mass is 19.4. The van der Waals surface area contributed by atoms with Crippen molar-refractivity contribution in [1.29, 1.82) is 0 Å². The standard InChI is InChI=1S/C10H10F3NO2/c1-5-7(9(15)16)3-6(10(11,12)13)4-8(5)14-2/h3-4,14H,1-2H3,(H,15,16)/p-1. The number of aromatic carboxylic acids is 1. The summed E-state index contributed by atoms with van der Waals surface area (Å²) in [6.45, 7) is 1.41. The first-order chi connectivity index (χ1) is 7.27. The molecule has 3 nitrogen and oxygen atoms in total. The third-order valence-corrected chi connectivity index (χ3v) is 2.22. The molecular formula is C10H9F3NO2-. The van der Waals surface area contributed by atoms with Crippen LogP contribution < -0.4 is 10.4 Å². The second-order valence-electron chi connectivity index (χ2n) is 3.23. The Balaban J connectivity index is 3.46. The summed E-state index contributed by atoms with van der Waals surface area (Å²) in [6, 6.07) is 1.44. The van der Waals surface area contributed by atoms with Crippen molar-refractivity contribution in [2.45, 2.75) is 13.1 Å². The highest BCUT2D eigenvalue weighted by Gasteiger charge is 2.31. The Labute approximate surface area is 89.9 Å². The molecule has 0 fully saturated rings. The predicted octanol–water partition coefficient (Wildman–Crippen LogP) is 1.42. The van der Waals surface area contributed by atoms with Crippen molar-refractivity contribution in [3.63, 3.8) is 0 Å². The van der Waals surface area contributed by atoms with Crippen LogP contribution in [0, 0.1) is 6.92 Å². The summed E-state index contributed by atoms with van der Waals surface area (Å²) in [4.78, 5) is 10.7. The molecule has 0 aromatic heterocycles. The molecule has 0 spiro atoms. The van der Waals surface area contributed by atoms with Gasteiger partial charge in [0.2, 0.25) is 0 Å². The molecule has 0 amide bonds. The lowest BCUT2D eigenvalue weighted by atomic mass is 10.0. The molecule has 0 aliphatic carbocycles. The number of benzene rings is 1. The zero-order valence-corrected chi connectivity index (χ0v) is 8.61. The molecule has 0 bridgehead atoms. The van der Waals surface area contributed by atoms with E-state index in [0.717, 1.165) is 6.07 Å². The summed E-state index contributed by atoms with van der Waals surface area (Å²) >= 11 is 0. The van der Waals surface area contributed by atoms with Crippen LogP contribution >= 0.6 is 0 Å². The van der Waals surface area contributed by atoms with Crippen LogP contribution in [0.15, 0.2) is 12.1 Å². The minimum Gasteiger partial charge on any atom is -0.545 e. The first-order valence-corrected chi connectivity index (χ1v) is 4.38. The average molecular weight is 232 g/mol. The number of alkyl halides is 3. The smallest absolute Gasteiger partial charge is 0.416 e. The van der Waals surface area contributed by atoms with Crippen molar-refractivity contribution in [1.82, 2.24) is 0 Å². The minimum absolute atomic E-state index is 0.119. The van der Waals surface area contributed by atoms with Crippen molar-refractivity contribution in [2.24, 2.45) is 0 Å². The van der Waals surface area contributed by atoms with Crippen LogP contribution in [0.5, 0.6) is 0 Å². The van der Waals surface area contributed by atoms with Crippen molar-refractivity contribution >= 4 is 11.7 Å². The van der Waals surface area contributed by atoms with Crippen LogP contribution in [-0.4, -0.2) is 13.0 Å². The number of carboxylic acid groups (broad SMARTS) is 1. The van der Waals surface area contributed by atoms with E-state index in [-0.39, 0.29) is 11.3 Å². The highest BCUT2D eigenvalue weighted by Crippen LogP contribution is 2.33. The Morgan fingerprint density at radius 1 is 1.38 bits per heavy atom. The molecule has 16 heavy (non-hydrogen) atoms. The number of hydrogen-bond acceptors (Lipinski definition) is 3. The molecule has 0 radical (unpaired) electrons. The molecule has 0 aliphatic heterocycles. The summed E-state index contributed by atoms with van der Waals surface area (Å²) in [5, 5.41) is 13.2. The second kappa shape index (κ2) is 4.03. The molecule has 6 heteroatoms. The Hall–Kier alpha value is -1.72. The zero-order valence-electron chi connectivity index (χ0n) is 8.61. The van der Waals surface area contributed by atoms with Gasteiger partial charge in [-0.05, 0) is 24.6 Å². The quantitative estimate of drug-likeness (QED) is 0.838. The van der Waals surface area contributed by atoms with Crippen molar-refractivity contribution < 1.29 is 23.1 Å². The Morgan fingerprint density at radius 2 is 1.94 bits per heavy atom. The monoisotopic (exact) mass is 232 g/mol. The topological polar surface area (TPSA) is 52.2 Å².